The van der Waals surface area contributed by atoms with Crippen LogP contribution in [0, 0.1) is 5.82 Å². The van der Waals surface area contributed by atoms with Gasteiger partial charge in [0.05, 0.1) is 5.56 Å². The summed E-state index contributed by atoms with van der Waals surface area (Å²) in [5, 5.41) is 2.71. The van der Waals surface area contributed by atoms with Gasteiger partial charge in [0.2, 0.25) is 0 Å². The lowest BCUT2D eigenvalue weighted by Gasteiger charge is -2.23. The molecule has 0 saturated heterocycles. The second-order valence-electron chi connectivity index (χ2n) is 5.41. The molecule has 0 aliphatic carbocycles. The highest BCUT2D eigenvalue weighted by atomic mass is 79.9. The maximum atomic E-state index is 12.9. The largest absolute Gasteiger partial charge is 0.449 e. The van der Waals surface area contributed by atoms with Gasteiger partial charge < -0.3 is 10.1 Å². The van der Waals surface area contributed by atoms with E-state index in [1.165, 1.54) is 13.0 Å². The van der Waals surface area contributed by atoms with Crippen LogP contribution in [0.3, 0.4) is 0 Å². The van der Waals surface area contributed by atoms with Gasteiger partial charge in [-0.2, -0.15) is 0 Å². The van der Waals surface area contributed by atoms with Gasteiger partial charge >= 0.3 is 5.97 Å². The molecule has 1 N–H and O–H groups in total. The van der Waals surface area contributed by atoms with Gasteiger partial charge in [0.15, 0.2) is 6.10 Å². The molecule has 110 valence electrons. The number of nitrogens with one attached hydrogen (secondary N) is 1. The molecule has 0 spiro atoms. The first-order chi connectivity index (χ1) is 9.10. The molecule has 0 aliphatic rings. The number of esters is 1. The summed E-state index contributed by atoms with van der Waals surface area (Å²) in [7, 11) is 0. The Kier molecular flexibility index (Phi) is 5.28. The zero-order chi connectivity index (χ0) is 15.5. The van der Waals surface area contributed by atoms with Crippen molar-refractivity contribution >= 4 is 27.8 Å². The maximum Gasteiger partial charge on any atom is 0.340 e. The first-order valence-electron chi connectivity index (χ1n) is 6.08. The van der Waals surface area contributed by atoms with Gasteiger partial charge in [0, 0.05) is 10.0 Å². The van der Waals surface area contributed by atoms with Gasteiger partial charge in [-0.05, 0) is 61.8 Å². The first-order valence-corrected chi connectivity index (χ1v) is 6.87. The first kappa shape index (κ1) is 16.6. The Morgan fingerprint density at radius 2 is 1.95 bits per heavy atom. The molecular formula is C14H17BrFNO3. The van der Waals surface area contributed by atoms with E-state index in [9.17, 15) is 14.0 Å². The van der Waals surface area contributed by atoms with Gasteiger partial charge in [-0.1, -0.05) is 0 Å². The topological polar surface area (TPSA) is 55.4 Å². The Morgan fingerprint density at radius 1 is 1.35 bits per heavy atom. The Labute approximate surface area is 125 Å². The summed E-state index contributed by atoms with van der Waals surface area (Å²) in [5.41, 5.74) is -0.240. The number of carbonyl (C=O) groups excluding carboxylic acids is 2. The maximum absolute atomic E-state index is 12.9. The number of rotatable bonds is 3. The van der Waals surface area contributed by atoms with Crippen LogP contribution in [0.5, 0.6) is 0 Å². The second-order valence-corrected chi connectivity index (χ2v) is 6.27. The number of benzene rings is 1. The average molecular weight is 346 g/mol. The minimum Gasteiger partial charge on any atom is -0.449 e. The lowest BCUT2D eigenvalue weighted by molar-refractivity contribution is -0.130. The van der Waals surface area contributed by atoms with E-state index in [-0.39, 0.29) is 15.9 Å². The van der Waals surface area contributed by atoms with Crippen molar-refractivity contribution in [2.45, 2.75) is 39.3 Å². The van der Waals surface area contributed by atoms with Gasteiger partial charge in [-0.15, -0.1) is 0 Å². The number of amides is 1. The summed E-state index contributed by atoms with van der Waals surface area (Å²) in [6.45, 7) is 6.97. The standard InChI is InChI=1S/C14H17BrFNO3/c1-8(12(18)17-14(2,3)4)20-13(19)10-6-5-9(16)7-11(10)15/h5-8H,1-4H3,(H,17,18). The Hall–Kier alpha value is -1.43. The summed E-state index contributed by atoms with van der Waals surface area (Å²) >= 11 is 3.08. The molecule has 1 aromatic carbocycles. The Bertz CT molecular complexity index is 526. The van der Waals surface area contributed by atoms with E-state index in [0.29, 0.717) is 0 Å². The van der Waals surface area contributed by atoms with E-state index in [4.69, 9.17) is 4.74 Å². The lowest BCUT2D eigenvalue weighted by atomic mass is 10.1. The third kappa shape index (κ3) is 4.92. The van der Waals surface area contributed by atoms with E-state index < -0.39 is 23.4 Å². The average Bonchev–Trinajstić information content (AvgIpc) is 2.26. The van der Waals surface area contributed by atoms with Crippen LogP contribution in [0.25, 0.3) is 0 Å². The number of hydrogen-bond donors (Lipinski definition) is 1. The van der Waals surface area contributed by atoms with E-state index in [1.54, 1.807) is 0 Å². The van der Waals surface area contributed by atoms with Crippen molar-refractivity contribution in [3.8, 4) is 0 Å². The Morgan fingerprint density at radius 3 is 2.45 bits per heavy atom. The van der Waals surface area contributed by atoms with Crippen LogP contribution < -0.4 is 5.32 Å². The SMILES string of the molecule is CC(OC(=O)c1ccc(F)cc1Br)C(=O)NC(C)(C)C. The molecule has 1 amide bonds. The molecule has 0 heterocycles. The van der Waals surface area contributed by atoms with Crippen molar-refractivity contribution < 1.29 is 18.7 Å². The number of hydrogen-bond acceptors (Lipinski definition) is 3. The van der Waals surface area contributed by atoms with Crippen molar-refractivity contribution in [1.29, 1.82) is 0 Å². The van der Waals surface area contributed by atoms with E-state index in [2.05, 4.69) is 21.2 Å². The highest BCUT2D eigenvalue weighted by Gasteiger charge is 2.23. The summed E-state index contributed by atoms with van der Waals surface area (Å²) in [6.07, 6.45) is -0.932. The van der Waals surface area contributed by atoms with Crippen molar-refractivity contribution in [3.05, 3.63) is 34.1 Å². The molecule has 0 aliphatic heterocycles. The van der Waals surface area contributed by atoms with Gasteiger partial charge in [-0.3, -0.25) is 4.79 Å². The van der Waals surface area contributed by atoms with Gasteiger partial charge in [-0.25, -0.2) is 9.18 Å². The summed E-state index contributed by atoms with van der Waals surface area (Å²) < 4.78 is 18.3. The third-order valence-corrected chi connectivity index (χ3v) is 2.96. The minimum absolute atomic E-state index is 0.168. The van der Waals surface area contributed by atoms with Gasteiger partial charge in [0.25, 0.3) is 5.91 Å². The molecule has 0 bridgehead atoms. The van der Waals surface area contributed by atoms with Crippen LogP contribution in [0.15, 0.2) is 22.7 Å². The van der Waals surface area contributed by atoms with Crippen LogP contribution in [0.4, 0.5) is 4.39 Å². The monoisotopic (exact) mass is 345 g/mol. The molecule has 0 aromatic heterocycles. The van der Waals surface area contributed by atoms with Crippen LogP contribution in [0.2, 0.25) is 0 Å². The Balaban J connectivity index is 2.73. The molecule has 0 fully saturated rings. The molecular weight excluding hydrogens is 329 g/mol. The quantitative estimate of drug-likeness (QED) is 0.856. The normalized spacial score (nSPS) is 12.7. The van der Waals surface area contributed by atoms with E-state index >= 15 is 0 Å². The summed E-state index contributed by atoms with van der Waals surface area (Å²) in [6, 6.07) is 3.62. The van der Waals surface area contributed by atoms with Crippen molar-refractivity contribution in [2.24, 2.45) is 0 Å². The molecule has 0 radical (unpaired) electrons. The predicted molar refractivity (Wildman–Crippen MR) is 76.9 cm³/mol. The van der Waals surface area contributed by atoms with Gasteiger partial charge in [0.1, 0.15) is 5.82 Å². The molecule has 1 rings (SSSR count). The molecule has 1 aromatic rings. The number of ether oxygens (including phenoxy) is 1. The zero-order valence-electron chi connectivity index (χ0n) is 11.8. The van der Waals surface area contributed by atoms with E-state index in [1.807, 2.05) is 20.8 Å². The predicted octanol–water partition coefficient (Wildman–Crippen LogP) is 3.05. The zero-order valence-corrected chi connectivity index (χ0v) is 13.4. The smallest absolute Gasteiger partial charge is 0.340 e. The number of carbonyl (C=O) groups is 2. The van der Waals surface area contributed by atoms with E-state index in [0.717, 1.165) is 12.1 Å². The van der Waals surface area contributed by atoms with Crippen molar-refractivity contribution in [3.63, 3.8) is 0 Å². The summed E-state index contributed by atoms with van der Waals surface area (Å²) in [5.74, 6) is -1.54. The fraction of sp³-hybridized carbons (Fsp3) is 0.429. The van der Waals surface area contributed by atoms with Crippen LogP contribution in [-0.4, -0.2) is 23.5 Å². The van der Waals surface area contributed by atoms with Crippen molar-refractivity contribution in [1.82, 2.24) is 5.32 Å². The lowest BCUT2D eigenvalue weighted by Crippen LogP contribution is -2.46. The molecule has 0 saturated carbocycles. The van der Waals surface area contributed by atoms with Crippen LogP contribution >= 0.6 is 15.9 Å². The van der Waals surface area contributed by atoms with Crippen LogP contribution in [0.1, 0.15) is 38.1 Å². The molecule has 20 heavy (non-hydrogen) atoms. The molecule has 4 nitrogen and oxygen atoms in total. The number of halogens is 2. The van der Waals surface area contributed by atoms with Crippen molar-refractivity contribution in [2.75, 3.05) is 0 Å². The summed E-state index contributed by atoms with van der Waals surface area (Å²) in [4.78, 5) is 23.7. The molecule has 1 atom stereocenters. The fourth-order valence-electron chi connectivity index (χ4n) is 1.40. The molecule has 1 unspecified atom stereocenters. The highest BCUT2D eigenvalue weighted by Crippen LogP contribution is 2.19. The third-order valence-electron chi connectivity index (χ3n) is 2.30. The minimum atomic E-state index is -0.932. The highest BCUT2D eigenvalue weighted by molar-refractivity contribution is 9.10. The fourth-order valence-corrected chi connectivity index (χ4v) is 1.92. The van der Waals surface area contributed by atoms with Crippen LogP contribution in [-0.2, 0) is 9.53 Å². The second kappa shape index (κ2) is 6.35. The molecule has 6 heteroatoms.